The van der Waals surface area contributed by atoms with Crippen LogP contribution in [0.1, 0.15) is 36.8 Å². The number of hydrogen-bond donors (Lipinski definition) is 1. The zero-order valence-corrected chi connectivity index (χ0v) is 20.1. The van der Waals surface area contributed by atoms with Crippen molar-refractivity contribution >= 4 is 12.0 Å². The van der Waals surface area contributed by atoms with Gasteiger partial charge in [0.2, 0.25) is 0 Å². The lowest BCUT2D eigenvalue weighted by atomic mass is 9.98. The molecule has 1 saturated heterocycles. The summed E-state index contributed by atoms with van der Waals surface area (Å²) in [6.07, 6.45) is 1.35. The number of aryl methyl sites for hydroxylation is 1. The third kappa shape index (κ3) is 4.92. The summed E-state index contributed by atoms with van der Waals surface area (Å²) in [7, 11) is 1.50. The fraction of sp³-hybridized carbons (Fsp3) is 0.320. The summed E-state index contributed by atoms with van der Waals surface area (Å²) in [6, 6.07) is 5.60. The average molecular weight is 502 g/mol. The Kier molecular flexibility index (Phi) is 7.02. The molecule has 3 aromatic rings. The van der Waals surface area contributed by atoms with Gasteiger partial charge in [0.05, 0.1) is 25.8 Å². The van der Waals surface area contributed by atoms with E-state index >= 15 is 0 Å². The third-order valence-corrected chi connectivity index (χ3v) is 5.75. The van der Waals surface area contributed by atoms with Gasteiger partial charge in [0.1, 0.15) is 29.7 Å². The van der Waals surface area contributed by atoms with Crippen molar-refractivity contribution < 1.29 is 32.5 Å². The maximum absolute atomic E-state index is 13.9. The number of nitrogens with zero attached hydrogens (tertiary/aromatic N) is 4. The molecule has 1 aliphatic heterocycles. The molecule has 1 fully saturated rings. The van der Waals surface area contributed by atoms with E-state index in [0.29, 0.717) is 22.8 Å². The van der Waals surface area contributed by atoms with Crippen LogP contribution in [-0.4, -0.2) is 56.5 Å². The molecule has 1 aliphatic rings. The summed E-state index contributed by atoms with van der Waals surface area (Å²) < 4.78 is 54.2. The Morgan fingerprint density at radius 2 is 1.92 bits per heavy atom. The van der Waals surface area contributed by atoms with Crippen LogP contribution in [0.4, 0.5) is 13.2 Å². The highest BCUT2D eigenvalue weighted by Crippen LogP contribution is 2.33. The van der Waals surface area contributed by atoms with Gasteiger partial charge in [0, 0.05) is 0 Å². The van der Waals surface area contributed by atoms with Gasteiger partial charge in [-0.25, -0.2) is 22.8 Å². The van der Waals surface area contributed by atoms with Crippen LogP contribution in [0.5, 0.6) is 5.75 Å². The largest absolute Gasteiger partial charge is 0.494 e. The standard InChI is InChI=1S/C25H25F3N4O4/c1-13-11-31(24(14(2)33)17-9-18(26)23(28)19(27)10-17)25(34)22(36-13)8-16-5-6-20(21(7-16)35-4)32-12-29-15(3)30-32/h5-10,12-14,24,33H,11H2,1-4H3/t13-,14+,24-/m0/s1. The zero-order valence-electron chi connectivity index (χ0n) is 20.1. The number of hydrogen-bond acceptors (Lipinski definition) is 6. The Morgan fingerprint density at radius 1 is 1.22 bits per heavy atom. The minimum absolute atomic E-state index is 0.0335. The summed E-state index contributed by atoms with van der Waals surface area (Å²) in [4.78, 5) is 18.8. The summed E-state index contributed by atoms with van der Waals surface area (Å²) >= 11 is 0. The number of halogens is 3. The second-order valence-corrected chi connectivity index (χ2v) is 8.55. The normalized spacial score (nSPS) is 18.8. The molecule has 2 heterocycles. The average Bonchev–Trinajstić information content (AvgIpc) is 3.26. The van der Waals surface area contributed by atoms with Crippen LogP contribution in [-0.2, 0) is 9.53 Å². The highest BCUT2D eigenvalue weighted by atomic mass is 19.2. The van der Waals surface area contributed by atoms with Gasteiger partial charge in [0.25, 0.3) is 5.91 Å². The maximum atomic E-state index is 13.9. The van der Waals surface area contributed by atoms with Gasteiger partial charge >= 0.3 is 0 Å². The van der Waals surface area contributed by atoms with Crippen molar-refractivity contribution in [3.05, 3.63) is 76.8 Å². The second kappa shape index (κ2) is 10.0. The van der Waals surface area contributed by atoms with E-state index in [0.717, 1.165) is 12.1 Å². The molecule has 3 atom stereocenters. The molecule has 1 aromatic heterocycles. The summed E-state index contributed by atoms with van der Waals surface area (Å²) in [5.41, 5.74) is 1.15. The maximum Gasteiger partial charge on any atom is 0.289 e. The number of amides is 1. The van der Waals surface area contributed by atoms with E-state index in [1.807, 2.05) is 0 Å². The number of carbonyl (C=O) groups excluding carboxylic acids is 1. The van der Waals surface area contributed by atoms with E-state index in [1.165, 1.54) is 25.0 Å². The van der Waals surface area contributed by atoms with Crippen LogP contribution in [0, 0.1) is 24.4 Å². The smallest absolute Gasteiger partial charge is 0.289 e. The molecule has 0 radical (unpaired) electrons. The molecule has 2 aromatic carbocycles. The van der Waals surface area contributed by atoms with Crippen LogP contribution in [0.3, 0.4) is 0 Å². The van der Waals surface area contributed by atoms with Crippen molar-refractivity contribution in [1.29, 1.82) is 0 Å². The van der Waals surface area contributed by atoms with Gasteiger partial charge in [-0.15, -0.1) is 0 Å². The fourth-order valence-corrected chi connectivity index (χ4v) is 4.19. The first-order valence-corrected chi connectivity index (χ1v) is 11.2. The van der Waals surface area contributed by atoms with Gasteiger partial charge in [-0.1, -0.05) is 6.07 Å². The first-order valence-electron chi connectivity index (χ1n) is 11.2. The van der Waals surface area contributed by atoms with E-state index in [4.69, 9.17) is 9.47 Å². The Hall–Kier alpha value is -3.86. The van der Waals surface area contributed by atoms with E-state index in [1.54, 1.807) is 43.1 Å². The highest BCUT2D eigenvalue weighted by molar-refractivity contribution is 5.97. The molecule has 8 nitrogen and oxygen atoms in total. The zero-order chi connectivity index (χ0) is 26.1. The van der Waals surface area contributed by atoms with Crippen molar-refractivity contribution in [3.8, 4) is 11.4 Å². The lowest BCUT2D eigenvalue weighted by Crippen LogP contribution is -2.48. The number of ether oxygens (including phenoxy) is 2. The monoisotopic (exact) mass is 502 g/mol. The Morgan fingerprint density at radius 3 is 2.50 bits per heavy atom. The van der Waals surface area contributed by atoms with Crippen LogP contribution in [0.25, 0.3) is 11.8 Å². The quantitative estimate of drug-likeness (QED) is 0.408. The van der Waals surface area contributed by atoms with Crippen LogP contribution >= 0.6 is 0 Å². The van der Waals surface area contributed by atoms with E-state index in [9.17, 15) is 23.1 Å². The number of rotatable bonds is 6. The van der Waals surface area contributed by atoms with Gasteiger partial charge in [0.15, 0.2) is 23.2 Å². The predicted octanol–water partition coefficient (Wildman–Crippen LogP) is 3.71. The molecule has 0 bridgehead atoms. The Balaban J connectivity index is 1.69. The van der Waals surface area contributed by atoms with Crippen molar-refractivity contribution in [2.24, 2.45) is 0 Å². The summed E-state index contributed by atoms with van der Waals surface area (Å²) in [6.45, 7) is 4.90. The van der Waals surface area contributed by atoms with Gasteiger partial charge in [-0.05, 0) is 62.2 Å². The van der Waals surface area contributed by atoms with Crippen LogP contribution in [0.15, 0.2) is 42.4 Å². The summed E-state index contributed by atoms with van der Waals surface area (Å²) in [5, 5.41) is 14.7. The van der Waals surface area contributed by atoms with Gasteiger partial charge in [-0.2, -0.15) is 5.10 Å². The lowest BCUT2D eigenvalue weighted by molar-refractivity contribution is -0.145. The molecule has 36 heavy (non-hydrogen) atoms. The van der Waals surface area contributed by atoms with E-state index in [-0.39, 0.29) is 17.9 Å². The minimum atomic E-state index is -1.62. The number of methoxy groups -OCH3 is 1. The number of carbonyl (C=O) groups is 1. The van der Waals surface area contributed by atoms with Gasteiger partial charge in [-0.3, -0.25) is 4.79 Å². The van der Waals surface area contributed by atoms with Crippen LogP contribution in [0.2, 0.25) is 0 Å². The van der Waals surface area contributed by atoms with Crippen molar-refractivity contribution in [2.75, 3.05) is 13.7 Å². The van der Waals surface area contributed by atoms with Gasteiger partial charge < -0.3 is 19.5 Å². The van der Waals surface area contributed by atoms with Crippen molar-refractivity contribution in [1.82, 2.24) is 19.7 Å². The predicted molar refractivity (Wildman–Crippen MR) is 124 cm³/mol. The fourth-order valence-electron chi connectivity index (χ4n) is 4.19. The third-order valence-electron chi connectivity index (χ3n) is 5.75. The SMILES string of the molecule is COc1cc(C=C2O[C@@H](C)CN([C@H](c3cc(F)c(F)c(F)c3)[C@@H](C)O)C2=O)ccc1-n1cnc(C)n1. The van der Waals surface area contributed by atoms with Crippen molar-refractivity contribution in [2.45, 2.75) is 39.0 Å². The molecule has 0 saturated carbocycles. The minimum Gasteiger partial charge on any atom is -0.494 e. The summed E-state index contributed by atoms with van der Waals surface area (Å²) in [5.74, 6) is -4.00. The highest BCUT2D eigenvalue weighted by Gasteiger charge is 2.37. The molecule has 4 rings (SSSR count). The van der Waals surface area contributed by atoms with E-state index < -0.39 is 41.6 Å². The molecular weight excluding hydrogens is 477 g/mol. The molecule has 190 valence electrons. The van der Waals surface area contributed by atoms with Crippen molar-refractivity contribution in [3.63, 3.8) is 0 Å². The molecule has 1 N–H and O–H groups in total. The second-order valence-electron chi connectivity index (χ2n) is 8.55. The Labute approximate surface area is 205 Å². The Bertz CT molecular complexity index is 1300. The molecule has 1 amide bonds. The lowest BCUT2D eigenvalue weighted by Gasteiger charge is -2.39. The first-order chi connectivity index (χ1) is 17.1. The number of benzene rings is 2. The molecule has 0 spiro atoms. The first kappa shape index (κ1) is 25.2. The molecule has 11 heteroatoms. The van der Waals surface area contributed by atoms with Crippen LogP contribution < -0.4 is 4.74 Å². The molecular formula is C25H25F3N4O4. The number of aliphatic hydroxyl groups excluding tert-OH is 1. The number of morpholine rings is 1. The van der Waals surface area contributed by atoms with E-state index in [2.05, 4.69) is 10.1 Å². The number of aromatic nitrogens is 3. The molecule has 0 unspecified atom stereocenters. The topological polar surface area (TPSA) is 89.7 Å². The number of aliphatic hydroxyl groups is 1. The molecule has 0 aliphatic carbocycles.